The van der Waals surface area contributed by atoms with E-state index in [4.69, 9.17) is 9.15 Å². The number of benzene rings is 2. The number of anilines is 1. The molecule has 4 aromatic rings. The van der Waals surface area contributed by atoms with Crippen LogP contribution in [0.15, 0.2) is 75.9 Å². The van der Waals surface area contributed by atoms with Crippen molar-refractivity contribution >= 4 is 27.5 Å². The van der Waals surface area contributed by atoms with Crippen LogP contribution in [0.4, 0.5) is 5.69 Å². The van der Waals surface area contributed by atoms with Gasteiger partial charge in [0.15, 0.2) is 0 Å². The average Bonchev–Trinajstić information content (AvgIpc) is 3.46. The van der Waals surface area contributed by atoms with Crippen molar-refractivity contribution < 1.29 is 13.9 Å². The molecule has 0 bridgehead atoms. The molecule has 2 aromatic carbocycles. The Kier molecular flexibility index (Phi) is 6.82. The Morgan fingerprint density at radius 1 is 1.05 bits per heavy atom. The van der Waals surface area contributed by atoms with Gasteiger partial charge in [-0.15, -0.1) is 10.2 Å². The fourth-order valence-corrected chi connectivity index (χ4v) is 5.56. The summed E-state index contributed by atoms with van der Waals surface area (Å²) in [6, 6.07) is 17.0. The van der Waals surface area contributed by atoms with Gasteiger partial charge in [0, 0.05) is 41.2 Å². The van der Waals surface area contributed by atoms with Crippen molar-refractivity contribution in [3.8, 4) is 17.2 Å². The Morgan fingerprint density at radius 3 is 2.71 bits per heavy atom. The van der Waals surface area contributed by atoms with Gasteiger partial charge in [0.25, 0.3) is 5.91 Å². The zero-order valence-electron chi connectivity index (χ0n) is 20.6. The number of ether oxygens (including phenoxy) is 1. The predicted molar refractivity (Wildman–Crippen MR) is 146 cm³/mol. The van der Waals surface area contributed by atoms with Crippen molar-refractivity contribution in [1.29, 1.82) is 0 Å². The number of carbonyl (C=O) groups is 1. The van der Waals surface area contributed by atoms with Crippen LogP contribution in [0.1, 0.15) is 47.1 Å². The number of aromatic nitrogens is 3. The highest BCUT2D eigenvalue weighted by molar-refractivity contribution is 9.10. The molecule has 1 fully saturated rings. The van der Waals surface area contributed by atoms with E-state index in [-0.39, 0.29) is 11.9 Å². The number of nitrogens with one attached hydrogen (secondary N) is 3. The third-order valence-corrected chi connectivity index (χ3v) is 7.68. The molecule has 194 valence electrons. The summed E-state index contributed by atoms with van der Waals surface area (Å²) in [7, 11) is 0. The minimum Gasteiger partial charge on any atom is -0.492 e. The van der Waals surface area contributed by atoms with Crippen LogP contribution in [0, 0.1) is 0 Å². The average molecular weight is 575 g/mol. The second-order valence-electron chi connectivity index (χ2n) is 9.51. The number of nitrogens with zero attached hydrogens (tertiary/aromatic N) is 3. The standard InChI is InChI=1S/C28H27BrN6O3/c29-22-6-2-5-21-23(9-16-37-24(21)22)32-25(36)19-3-1-4-20(17-19)33-28(10-14-31-15-11-28)27-35-34-26(38-27)18-7-12-30-13-8-18/h1-8,12-13,17,23,31,33H,9-11,14-16H2,(H,32,36)/t23-/m1/s1. The molecule has 1 amide bonds. The molecule has 9 nitrogen and oxygen atoms in total. The molecule has 3 N–H and O–H groups in total. The molecule has 2 aliphatic rings. The molecule has 0 aliphatic carbocycles. The minimum atomic E-state index is -0.551. The minimum absolute atomic E-state index is 0.124. The van der Waals surface area contributed by atoms with Crippen LogP contribution in [0.3, 0.4) is 0 Å². The molecule has 4 heterocycles. The molecular weight excluding hydrogens is 548 g/mol. The maximum atomic E-state index is 13.3. The Morgan fingerprint density at radius 2 is 1.87 bits per heavy atom. The Hall–Kier alpha value is -3.76. The highest BCUT2D eigenvalue weighted by atomic mass is 79.9. The van der Waals surface area contributed by atoms with E-state index < -0.39 is 5.54 Å². The molecular formula is C28H27BrN6O3. The highest BCUT2D eigenvalue weighted by Crippen LogP contribution is 2.38. The molecule has 0 unspecified atom stereocenters. The van der Waals surface area contributed by atoms with Crippen LogP contribution in [0.25, 0.3) is 11.5 Å². The van der Waals surface area contributed by atoms with E-state index in [2.05, 4.69) is 47.1 Å². The van der Waals surface area contributed by atoms with Gasteiger partial charge in [-0.05, 0) is 78.3 Å². The molecule has 1 atom stereocenters. The summed E-state index contributed by atoms with van der Waals surface area (Å²) in [6.07, 6.45) is 5.63. The summed E-state index contributed by atoms with van der Waals surface area (Å²) < 4.78 is 12.9. The highest BCUT2D eigenvalue weighted by Gasteiger charge is 2.39. The first-order valence-electron chi connectivity index (χ1n) is 12.7. The SMILES string of the molecule is O=C(N[C@@H]1CCOc2c(Br)cccc21)c1cccc(NC2(c3nnc(-c4ccncc4)o3)CCNCC2)c1. The van der Waals surface area contributed by atoms with Gasteiger partial charge in [-0.3, -0.25) is 9.78 Å². The van der Waals surface area contributed by atoms with Crippen molar-refractivity contribution in [1.82, 2.24) is 25.8 Å². The lowest BCUT2D eigenvalue weighted by Gasteiger charge is -2.36. The fourth-order valence-electron chi connectivity index (χ4n) is 5.07. The summed E-state index contributed by atoms with van der Waals surface area (Å²) in [5.41, 5.74) is 2.64. The molecule has 2 aliphatic heterocycles. The van der Waals surface area contributed by atoms with E-state index in [1.807, 2.05) is 54.6 Å². The summed E-state index contributed by atoms with van der Waals surface area (Å²) in [4.78, 5) is 17.4. The van der Waals surface area contributed by atoms with Crippen LogP contribution in [-0.4, -0.2) is 40.8 Å². The Labute approximate surface area is 228 Å². The third-order valence-electron chi connectivity index (χ3n) is 7.06. The van der Waals surface area contributed by atoms with Gasteiger partial charge < -0.3 is 25.1 Å². The summed E-state index contributed by atoms with van der Waals surface area (Å²) in [5.74, 6) is 1.64. The lowest BCUT2D eigenvalue weighted by molar-refractivity contribution is 0.0924. The van der Waals surface area contributed by atoms with Crippen LogP contribution in [0.2, 0.25) is 0 Å². The number of rotatable bonds is 6. The van der Waals surface area contributed by atoms with Gasteiger partial charge in [-0.2, -0.15) is 0 Å². The van der Waals surface area contributed by atoms with E-state index in [0.717, 1.165) is 53.0 Å². The second-order valence-corrected chi connectivity index (χ2v) is 10.4. The molecule has 2 aromatic heterocycles. The van der Waals surface area contributed by atoms with E-state index in [1.165, 1.54) is 0 Å². The third kappa shape index (κ3) is 4.89. The monoisotopic (exact) mass is 574 g/mol. The number of hydrogen-bond donors (Lipinski definition) is 3. The number of fused-ring (bicyclic) bond motifs is 1. The van der Waals surface area contributed by atoms with E-state index in [9.17, 15) is 4.79 Å². The van der Waals surface area contributed by atoms with Gasteiger partial charge in [0.1, 0.15) is 11.3 Å². The molecule has 6 rings (SSSR count). The predicted octanol–water partition coefficient (Wildman–Crippen LogP) is 4.84. The first kappa shape index (κ1) is 24.6. The number of piperidine rings is 1. The maximum absolute atomic E-state index is 13.3. The summed E-state index contributed by atoms with van der Waals surface area (Å²) in [6.45, 7) is 2.15. The molecule has 1 saturated heterocycles. The number of amides is 1. The molecule has 0 radical (unpaired) electrons. The van der Waals surface area contributed by atoms with Gasteiger partial charge in [0.05, 0.1) is 17.1 Å². The zero-order chi connectivity index (χ0) is 26.0. The normalized spacial score (nSPS) is 18.2. The number of hydrogen-bond acceptors (Lipinski definition) is 8. The Balaban J connectivity index is 1.23. The van der Waals surface area contributed by atoms with Gasteiger partial charge >= 0.3 is 0 Å². The Bertz CT molecular complexity index is 1440. The van der Waals surface area contributed by atoms with Crippen molar-refractivity contribution in [3.63, 3.8) is 0 Å². The van der Waals surface area contributed by atoms with Crippen molar-refractivity contribution in [2.75, 3.05) is 25.0 Å². The lowest BCUT2D eigenvalue weighted by Crippen LogP contribution is -2.45. The van der Waals surface area contributed by atoms with E-state index in [0.29, 0.717) is 30.4 Å². The van der Waals surface area contributed by atoms with Crippen LogP contribution in [0.5, 0.6) is 5.75 Å². The molecule has 0 spiro atoms. The number of pyridine rings is 1. The van der Waals surface area contributed by atoms with Gasteiger partial charge in [0.2, 0.25) is 11.8 Å². The van der Waals surface area contributed by atoms with Crippen molar-refractivity contribution in [2.24, 2.45) is 0 Å². The molecule has 0 saturated carbocycles. The topological polar surface area (TPSA) is 114 Å². The smallest absolute Gasteiger partial charge is 0.251 e. The molecule has 10 heteroatoms. The fraction of sp³-hybridized carbons (Fsp3) is 0.286. The van der Waals surface area contributed by atoms with E-state index in [1.54, 1.807) is 12.4 Å². The number of para-hydroxylation sites is 1. The second kappa shape index (κ2) is 10.5. The summed E-state index contributed by atoms with van der Waals surface area (Å²) in [5, 5.41) is 19.0. The molecule has 38 heavy (non-hydrogen) atoms. The van der Waals surface area contributed by atoms with E-state index >= 15 is 0 Å². The largest absolute Gasteiger partial charge is 0.492 e. The summed E-state index contributed by atoms with van der Waals surface area (Å²) >= 11 is 3.55. The first-order valence-corrected chi connectivity index (χ1v) is 13.5. The van der Waals surface area contributed by atoms with Crippen molar-refractivity contribution in [3.05, 3.63) is 88.5 Å². The van der Waals surface area contributed by atoms with Gasteiger partial charge in [-0.1, -0.05) is 18.2 Å². The van der Waals surface area contributed by atoms with Crippen molar-refractivity contribution in [2.45, 2.75) is 30.8 Å². The maximum Gasteiger partial charge on any atom is 0.251 e. The van der Waals surface area contributed by atoms with Crippen LogP contribution < -0.4 is 20.7 Å². The van der Waals surface area contributed by atoms with Crippen LogP contribution >= 0.6 is 15.9 Å². The number of carbonyl (C=O) groups excluding carboxylic acids is 1. The van der Waals surface area contributed by atoms with Gasteiger partial charge in [-0.25, -0.2) is 0 Å². The zero-order valence-corrected chi connectivity index (χ0v) is 22.2. The lowest BCUT2D eigenvalue weighted by atomic mass is 9.87. The van der Waals surface area contributed by atoms with Crippen LogP contribution in [-0.2, 0) is 5.54 Å². The number of halogens is 1. The first-order chi connectivity index (χ1) is 18.6. The quantitative estimate of drug-likeness (QED) is 0.300.